The van der Waals surface area contributed by atoms with Crippen LogP contribution in [-0.2, 0) is 0 Å². The molecule has 1 atom stereocenters. The van der Waals surface area contributed by atoms with Gasteiger partial charge in [0.15, 0.2) is 0 Å². The Balaban J connectivity index is 0.00000200. The van der Waals surface area contributed by atoms with Crippen molar-refractivity contribution in [1.29, 1.82) is 0 Å². The van der Waals surface area contributed by atoms with Crippen molar-refractivity contribution >= 4 is 40.7 Å². The average Bonchev–Trinajstić information content (AvgIpc) is 2.44. The maximum absolute atomic E-state index is 10.2. The summed E-state index contributed by atoms with van der Waals surface area (Å²) in [4.78, 5) is 2.49. The van der Waals surface area contributed by atoms with Gasteiger partial charge in [0.1, 0.15) is 5.75 Å². The molecule has 2 N–H and O–H groups in total. The van der Waals surface area contributed by atoms with Crippen molar-refractivity contribution in [3.05, 3.63) is 28.2 Å². The second-order valence-corrected chi connectivity index (χ2v) is 6.06. The number of nitrogens with one attached hydrogen (secondary N) is 1. The second kappa shape index (κ2) is 10.7. The van der Waals surface area contributed by atoms with E-state index in [0.717, 1.165) is 42.6 Å². The molecule has 0 unspecified atom stereocenters. The highest BCUT2D eigenvalue weighted by Crippen LogP contribution is 2.34. The molecule has 1 aliphatic rings. The van der Waals surface area contributed by atoms with E-state index in [1.807, 2.05) is 6.07 Å². The number of hydrogen-bond donors (Lipinski definition) is 2. The fourth-order valence-corrected chi connectivity index (χ4v) is 3.10. The van der Waals surface area contributed by atoms with Crippen molar-refractivity contribution in [3.63, 3.8) is 0 Å². The Hall–Kier alpha value is -0.000000000000000111. The van der Waals surface area contributed by atoms with Crippen LogP contribution >= 0.6 is 40.7 Å². The molecular weight excluding hydrogens is 375 g/mol. The Morgan fingerprint density at radius 1 is 1.29 bits per heavy atom. The average molecular weight is 400 g/mol. The first kappa shape index (κ1) is 21.0. The van der Waals surface area contributed by atoms with Gasteiger partial charge in [-0.2, -0.15) is 0 Å². The van der Waals surface area contributed by atoms with E-state index in [0.29, 0.717) is 11.8 Å². The highest BCUT2D eigenvalue weighted by atomic mass is 79.9. The van der Waals surface area contributed by atoms with E-state index in [2.05, 4.69) is 39.1 Å². The quantitative estimate of drug-likeness (QED) is 0.780. The van der Waals surface area contributed by atoms with Crippen LogP contribution in [0.4, 0.5) is 0 Å². The first-order valence-electron chi connectivity index (χ1n) is 7.15. The molecule has 0 aliphatic carbocycles. The van der Waals surface area contributed by atoms with Gasteiger partial charge in [0, 0.05) is 42.3 Å². The Morgan fingerprint density at radius 3 is 2.57 bits per heavy atom. The summed E-state index contributed by atoms with van der Waals surface area (Å²) >= 11 is 3.51. The van der Waals surface area contributed by atoms with Gasteiger partial charge in [-0.15, -0.1) is 24.8 Å². The fraction of sp³-hybridized carbons (Fsp3) is 0.600. The van der Waals surface area contributed by atoms with E-state index in [1.165, 1.54) is 12.8 Å². The van der Waals surface area contributed by atoms with Crippen LogP contribution in [0.3, 0.4) is 0 Å². The number of aromatic hydroxyl groups is 1. The van der Waals surface area contributed by atoms with Crippen LogP contribution in [0.1, 0.15) is 37.8 Å². The number of nitrogens with zero attached hydrogens (tertiary/aromatic N) is 1. The minimum Gasteiger partial charge on any atom is -0.508 e. The van der Waals surface area contributed by atoms with Gasteiger partial charge in [-0.3, -0.25) is 4.90 Å². The Kier molecular flexibility index (Phi) is 10.7. The Bertz CT molecular complexity index is 415. The summed E-state index contributed by atoms with van der Waals surface area (Å²) in [6.07, 6.45) is 3.50. The molecule has 122 valence electrons. The zero-order valence-electron chi connectivity index (χ0n) is 12.3. The van der Waals surface area contributed by atoms with E-state index >= 15 is 0 Å². The number of piperazine rings is 1. The molecule has 1 saturated heterocycles. The lowest BCUT2D eigenvalue weighted by molar-refractivity contribution is 0.160. The van der Waals surface area contributed by atoms with Gasteiger partial charge in [0.2, 0.25) is 0 Å². The van der Waals surface area contributed by atoms with Crippen molar-refractivity contribution < 1.29 is 5.11 Å². The van der Waals surface area contributed by atoms with Crippen LogP contribution in [0, 0.1) is 0 Å². The molecule has 2 rings (SSSR count). The number of phenols is 1. The number of benzene rings is 1. The van der Waals surface area contributed by atoms with Crippen molar-refractivity contribution in [2.45, 2.75) is 32.2 Å². The lowest BCUT2D eigenvalue weighted by Crippen LogP contribution is -2.45. The third-order valence-electron chi connectivity index (χ3n) is 3.77. The molecule has 1 aliphatic heterocycles. The molecule has 0 radical (unpaired) electrons. The minimum atomic E-state index is 0. The molecule has 1 aromatic rings. The van der Waals surface area contributed by atoms with Crippen LogP contribution in [-0.4, -0.2) is 36.2 Å². The zero-order chi connectivity index (χ0) is 13.7. The number of rotatable bonds is 5. The number of halogens is 3. The number of phenolic OH excluding ortho intramolecular Hbond substituents is 1. The van der Waals surface area contributed by atoms with Crippen LogP contribution in [0.15, 0.2) is 22.7 Å². The molecule has 1 heterocycles. The fourth-order valence-electron chi connectivity index (χ4n) is 2.72. The third kappa shape index (κ3) is 5.95. The van der Waals surface area contributed by atoms with Crippen molar-refractivity contribution in [3.8, 4) is 5.75 Å². The monoisotopic (exact) mass is 398 g/mol. The second-order valence-electron chi connectivity index (χ2n) is 5.15. The number of hydrogen-bond acceptors (Lipinski definition) is 3. The smallest absolute Gasteiger partial charge is 0.120 e. The molecule has 1 aromatic carbocycles. The number of unbranched alkanes of at least 4 members (excludes halogenated alkanes) is 1. The van der Waals surface area contributed by atoms with Crippen LogP contribution in [0.2, 0.25) is 0 Å². The van der Waals surface area contributed by atoms with Gasteiger partial charge >= 0.3 is 0 Å². The zero-order valence-corrected chi connectivity index (χ0v) is 15.6. The van der Waals surface area contributed by atoms with E-state index in [9.17, 15) is 5.11 Å². The summed E-state index contributed by atoms with van der Waals surface area (Å²) in [6, 6.07) is 6.09. The highest BCUT2D eigenvalue weighted by Gasteiger charge is 2.24. The molecule has 1 fully saturated rings. The maximum Gasteiger partial charge on any atom is 0.120 e. The van der Waals surface area contributed by atoms with Crippen molar-refractivity contribution in [1.82, 2.24) is 10.2 Å². The van der Waals surface area contributed by atoms with Gasteiger partial charge in [-0.25, -0.2) is 0 Å². The molecule has 3 nitrogen and oxygen atoms in total. The molecule has 0 amide bonds. The van der Waals surface area contributed by atoms with Crippen molar-refractivity contribution in [2.24, 2.45) is 0 Å². The van der Waals surface area contributed by atoms with E-state index in [1.54, 1.807) is 6.07 Å². The Labute approximate surface area is 148 Å². The van der Waals surface area contributed by atoms with Crippen LogP contribution < -0.4 is 5.32 Å². The first-order chi connectivity index (χ1) is 9.22. The van der Waals surface area contributed by atoms with E-state index in [-0.39, 0.29) is 24.8 Å². The van der Waals surface area contributed by atoms with Gasteiger partial charge in [0.05, 0.1) is 0 Å². The lowest BCUT2D eigenvalue weighted by Gasteiger charge is -2.35. The predicted octanol–water partition coefficient (Wildman–Crippen LogP) is 4.13. The standard InChI is InChI=1S/C15H23BrN2O.2ClH/c1-2-3-4-14(18-9-7-17-8-10-18)13-11-12(16)5-6-15(13)19;;/h5-6,11,14,17,19H,2-4,7-10H2,1H3;2*1H/t14-;;/m1../s1. The minimum absolute atomic E-state index is 0. The van der Waals surface area contributed by atoms with E-state index < -0.39 is 0 Å². The molecular formula is C15H25BrCl2N2O. The largest absolute Gasteiger partial charge is 0.508 e. The summed E-state index contributed by atoms with van der Waals surface area (Å²) in [5.41, 5.74) is 1.06. The summed E-state index contributed by atoms with van der Waals surface area (Å²) in [6.45, 7) is 6.41. The Morgan fingerprint density at radius 2 is 1.95 bits per heavy atom. The molecule has 0 bridgehead atoms. The van der Waals surface area contributed by atoms with Crippen LogP contribution in [0.5, 0.6) is 5.75 Å². The molecule has 0 saturated carbocycles. The summed E-state index contributed by atoms with van der Waals surface area (Å²) < 4.78 is 1.04. The topological polar surface area (TPSA) is 35.5 Å². The van der Waals surface area contributed by atoms with Gasteiger partial charge < -0.3 is 10.4 Å². The molecule has 21 heavy (non-hydrogen) atoms. The summed E-state index contributed by atoms with van der Waals surface area (Å²) in [5, 5.41) is 13.6. The summed E-state index contributed by atoms with van der Waals surface area (Å²) in [5.74, 6) is 0.419. The maximum atomic E-state index is 10.2. The summed E-state index contributed by atoms with van der Waals surface area (Å²) in [7, 11) is 0. The normalized spacial score (nSPS) is 16.7. The highest BCUT2D eigenvalue weighted by molar-refractivity contribution is 9.10. The van der Waals surface area contributed by atoms with Gasteiger partial charge in [0.25, 0.3) is 0 Å². The SMILES string of the molecule is CCCC[C@H](c1cc(Br)ccc1O)N1CCNCC1.Cl.Cl. The predicted molar refractivity (Wildman–Crippen MR) is 97.0 cm³/mol. The first-order valence-corrected chi connectivity index (χ1v) is 7.95. The lowest BCUT2D eigenvalue weighted by atomic mass is 9.98. The third-order valence-corrected chi connectivity index (χ3v) is 4.27. The van der Waals surface area contributed by atoms with Crippen molar-refractivity contribution in [2.75, 3.05) is 26.2 Å². The van der Waals surface area contributed by atoms with Gasteiger partial charge in [-0.05, 0) is 24.6 Å². The molecule has 0 aromatic heterocycles. The van der Waals surface area contributed by atoms with E-state index in [4.69, 9.17) is 0 Å². The van der Waals surface area contributed by atoms with Gasteiger partial charge in [-0.1, -0.05) is 35.7 Å². The molecule has 6 heteroatoms. The van der Waals surface area contributed by atoms with Crippen LogP contribution in [0.25, 0.3) is 0 Å². The molecule has 0 spiro atoms.